The van der Waals surface area contributed by atoms with Crippen molar-refractivity contribution in [1.29, 1.82) is 0 Å². The summed E-state index contributed by atoms with van der Waals surface area (Å²) < 4.78 is 0. The van der Waals surface area contributed by atoms with Crippen molar-refractivity contribution in [3.8, 4) is 0 Å². The van der Waals surface area contributed by atoms with Crippen molar-refractivity contribution in [1.82, 2.24) is 5.32 Å². The number of nitrogens with one attached hydrogen (secondary N) is 1. The fourth-order valence-electron chi connectivity index (χ4n) is 2.04. The molecule has 2 aromatic rings. The quantitative estimate of drug-likeness (QED) is 0.623. The Kier molecular flexibility index (Phi) is 4.37. The smallest absolute Gasteiger partial charge is 0.0317 e. The summed E-state index contributed by atoms with van der Waals surface area (Å²) in [4.78, 5) is 0. The summed E-state index contributed by atoms with van der Waals surface area (Å²) in [6, 6.07) is 16.7. The molecule has 0 amide bonds. The third-order valence-corrected chi connectivity index (χ3v) is 2.95. The standard InChI is InChI=1S/C16H20N2/c1-13-4-2-5-14(10-13)8-9-18-12-15-6-3-7-16(17)11-15/h2-7,10-11,18H,8-9,12,17H2,1H3. The number of nitrogen functional groups attached to an aromatic ring is 1. The molecule has 0 radical (unpaired) electrons. The summed E-state index contributed by atoms with van der Waals surface area (Å²) >= 11 is 0. The van der Waals surface area contributed by atoms with E-state index in [2.05, 4.69) is 42.6 Å². The second-order valence-electron chi connectivity index (χ2n) is 4.66. The molecule has 0 saturated heterocycles. The summed E-state index contributed by atoms with van der Waals surface area (Å²) in [6.45, 7) is 3.98. The molecule has 0 aliphatic carbocycles. The lowest BCUT2D eigenvalue weighted by Crippen LogP contribution is -2.16. The molecule has 0 aliphatic heterocycles. The van der Waals surface area contributed by atoms with E-state index in [0.29, 0.717) is 0 Å². The SMILES string of the molecule is Cc1cccc(CCNCc2cccc(N)c2)c1. The molecular weight excluding hydrogens is 220 g/mol. The topological polar surface area (TPSA) is 38.0 Å². The van der Waals surface area contributed by atoms with E-state index in [1.165, 1.54) is 16.7 Å². The molecule has 2 rings (SSSR count). The van der Waals surface area contributed by atoms with Gasteiger partial charge < -0.3 is 11.1 Å². The highest BCUT2D eigenvalue weighted by Gasteiger charge is 1.95. The van der Waals surface area contributed by atoms with Crippen molar-refractivity contribution in [2.24, 2.45) is 0 Å². The predicted octanol–water partition coefficient (Wildman–Crippen LogP) is 2.91. The van der Waals surface area contributed by atoms with Gasteiger partial charge in [0.05, 0.1) is 0 Å². The van der Waals surface area contributed by atoms with Gasteiger partial charge in [-0.1, -0.05) is 42.0 Å². The van der Waals surface area contributed by atoms with E-state index in [0.717, 1.165) is 25.2 Å². The molecule has 2 aromatic carbocycles. The average Bonchev–Trinajstić information content (AvgIpc) is 2.35. The zero-order chi connectivity index (χ0) is 12.8. The van der Waals surface area contributed by atoms with Crippen molar-refractivity contribution in [2.75, 3.05) is 12.3 Å². The minimum absolute atomic E-state index is 0.827. The van der Waals surface area contributed by atoms with Gasteiger partial charge in [-0.3, -0.25) is 0 Å². The van der Waals surface area contributed by atoms with Crippen LogP contribution < -0.4 is 11.1 Å². The molecule has 0 unspecified atom stereocenters. The second kappa shape index (κ2) is 6.22. The number of anilines is 1. The van der Waals surface area contributed by atoms with Gasteiger partial charge in [0.25, 0.3) is 0 Å². The first-order chi connectivity index (χ1) is 8.74. The zero-order valence-corrected chi connectivity index (χ0v) is 10.8. The Morgan fingerprint density at radius 1 is 1.00 bits per heavy atom. The molecule has 0 aliphatic rings. The van der Waals surface area contributed by atoms with Gasteiger partial charge in [0.1, 0.15) is 0 Å². The van der Waals surface area contributed by atoms with E-state index in [9.17, 15) is 0 Å². The van der Waals surface area contributed by atoms with E-state index >= 15 is 0 Å². The fourth-order valence-corrected chi connectivity index (χ4v) is 2.04. The molecular formula is C16H20N2. The summed E-state index contributed by atoms with van der Waals surface area (Å²) in [6.07, 6.45) is 1.06. The maximum Gasteiger partial charge on any atom is 0.0317 e. The number of rotatable bonds is 5. The Balaban J connectivity index is 1.76. The van der Waals surface area contributed by atoms with E-state index in [1.807, 2.05) is 18.2 Å². The summed E-state index contributed by atoms with van der Waals surface area (Å²) in [5.74, 6) is 0. The molecule has 94 valence electrons. The molecule has 0 fully saturated rings. The summed E-state index contributed by atoms with van der Waals surface area (Å²) in [7, 11) is 0. The van der Waals surface area contributed by atoms with Crippen molar-refractivity contribution in [3.05, 3.63) is 65.2 Å². The Labute approximate surface area is 109 Å². The van der Waals surface area contributed by atoms with Crippen molar-refractivity contribution >= 4 is 5.69 Å². The predicted molar refractivity (Wildman–Crippen MR) is 77.4 cm³/mol. The van der Waals surface area contributed by atoms with E-state index in [1.54, 1.807) is 0 Å². The lowest BCUT2D eigenvalue weighted by atomic mass is 10.1. The van der Waals surface area contributed by atoms with Crippen LogP contribution in [0, 0.1) is 6.92 Å². The first kappa shape index (κ1) is 12.7. The van der Waals surface area contributed by atoms with Crippen molar-refractivity contribution < 1.29 is 0 Å². The maximum atomic E-state index is 5.74. The number of nitrogens with two attached hydrogens (primary N) is 1. The number of benzene rings is 2. The van der Waals surface area contributed by atoms with Gasteiger partial charge in [-0.05, 0) is 43.1 Å². The number of hydrogen-bond donors (Lipinski definition) is 2. The highest BCUT2D eigenvalue weighted by atomic mass is 14.8. The minimum atomic E-state index is 0.827. The molecule has 0 spiro atoms. The van der Waals surface area contributed by atoms with Gasteiger partial charge in [-0.2, -0.15) is 0 Å². The maximum absolute atomic E-state index is 5.74. The second-order valence-corrected chi connectivity index (χ2v) is 4.66. The van der Waals surface area contributed by atoms with Crippen LogP contribution in [0.15, 0.2) is 48.5 Å². The Morgan fingerprint density at radius 3 is 2.56 bits per heavy atom. The normalized spacial score (nSPS) is 10.5. The van der Waals surface area contributed by atoms with Crippen LogP contribution in [0.25, 0.3) is 0 Å². The van der Waals surface area contributed by atoms with E-state index < -0.39 is 0 Å². The molecule has 0 atom stereocenters. The Hall–Kier alpha value is -1.80. The molecule has 0 saturated carbocycles. The van der Waals surface area contributed by atoms with Crippen molar-refractivity contribution in [2.45, 2.75) is 19.9 Å². The third kappa shape index (κ3) is 3.90. The largest absolute Gasteiger partial charge is 0.399 e. The van der Waals surface area contributed by atoms with Gasteiger partial charge in [0, 0.05) is 12.2 Å². The van der Waals surface area contributed by atoms with Crippen LogP contribution in [0.4, 0.5) is 5.69 Å². The Morgan fingerprint density at radius 2 is 1.78 bits per heavy atom. The van der Waals surface area contributed by atoms with E-state index in [4.69, 9.17) is 5.73 Å². The lowest BCUT2D eigenvalue weighted by molar-refractivity contribution is 0.687. The zero-order valence-electron chi connectivity index (χ0n) is 10.8. The monoisotopic (exact) mass is 240 g/mol. The van der Waals surface area contributed by atoms with Crippen LogP contribution in [0.5, 0.6) is 0 Å². The van der Waals surface area contributed by atoms with Gasteiger partial charge in [-0.25, -0.2) is 0 Å². The first-order valence-electron chi connectivity index (χ1n) is 6.35. The average molecular weight is 240 g/mol. The molecule has 0 bridgehead atoms. The number of aryl methyl sites for hydroxylation is 1. The molecule has 2 nitrogen and oxygen atoms in total. The fraction of sp³-hybridized carbons (Fsp3) is 0.250. The highest BCUT2D eigenvalue weighted by Crippen LogP contribution is 2.06. The third-order valence-electron chi connectivity index (χ3n) is 2.95. The summed E-state index contributed by atoms with van der Waals surface area (Å²) in [5, 5.41) is 3.44. The Bertz CT molecular complexity index is 458. The van der Waals surface area contributed by atoms with Crippen LogP contribution >= 0.6 is 0 Å². The molecule has 0 aromatic heterocycles. The van der Waals surface area contributed by atoms with Gasteiger partial charge in [0.2, 0.25) is 0 Å². The van der Waals surface area contributed by atoms with Crippen LogP contribution in [-0.2, 0) is 13.0 Å². The summed E-state index contributed by atoms with van der Waals surface area (Å²) in [5.41, 5.74) is 10.5. The number of hydrogen-bond acceptors (Lipinski definition) is 2. The van der Waals surface area contributed by atoms with Crippen LogP contribution in [0.3, 0.4) is 0 Å². The molecule has 2 heteroatoms. The lowest BCUT2D eigenvalue weighted by Gasteiger charge is -2.06. The van der Waals surface area contributed by atoms with Gasteiger partial charge in [-0.15, -0.1) is 0 Å². The molecule has 0 heterocycles. The van der Waals surface area contributed by atoms with E-state index in [-0.39, 0.29) is 0 Å². The van der Waals surface area contributed by atoms with Crippen LogP contribution in [-0.4, -0.2) is 6.54 Å². The van der Waals surface area contributed by atoms with Crippen LogP contribution in [0.2, 0.25) is 0 Å². The molecule has 18 heavy (non-hydrogen) atoms. The first-order valence-corrected chi connectivity index (χ1v) is 6.35. The highest BCUT2D eigenvalue weighted by molar-refractivity contribution is 5.40. The van der Waals surface area contributed by atoms with Gasteiger partial charge in [0.15, 0.2) is 0 Å². The van der Waals surface area contributed by atoms with Crippen molar-refractivity contribution in [3.63, 3.8) is 0 Å². The molecule has 3 N–H and O–H groups in total. The minimum Gasteiger partial charge on any atom is -0.399 e. The van der Waals surface area contributed by atoms with Gasteiger partial charge >= 0.3 is 0 Å². The van der Waals surface area contributed by atoms with Crippen LogP contribution in [0.1, 0.15) is 16.7 Å².